The maximum absolute atomic E-state index is 13.2. The van der Waals surface area contributed by atoms with E-state index in [4.69, 9.17) is 11.6 Å². The van der Waals surface area contributed by atoms with Gasteiger partial charge in [0, 0.05) is 18.1 Å². The third-order valence-corrected chi connectivity index (χ3v) is 8.94. The lowest BCUT2D eigenvalue weighted by Gasteiger charge is -2.32. The third kappa shape index (κ3) is 5.97. The average Bonchev–Trinajstić information content (AvgIpc) is 2.82. The molecule has 7 heteroatoms. The van der Waals surface area contributed by atoms with E-state index in [0.717, 1.165) is 24.8 Å². The number of hydrogen-bond acceptors (Lipinski definition) is 3. The zero-order valence-electron chi connectivity index (χ0n) is 19.2. The van der Waals surface area contributed by atoms with Crippen LogP contribution in [0.25, 0.3) is 0 Å². The van der Waals surface area contributed by atoms with Crippen LogP contribution in [-0.2, 0) is 33.4 Å². The van der Waals surface area contributed by atoms with Gasteiger partial charge >= 0.3 is 0 Å². The van der Waals surface area contributed by atoms with Gasteiger partial charge in [0.2, 0.25) is 15.9 Å². The summed E-state index contributed by atoms with van der Waals surface area (Å²) < 4.78 is 27.5. The third-order valence-electron chi connectivity index (χ3n) is 6.89. The van der Waals surface area contributed by atoms with Gasteiger partial charge in [-0.2, -0.15) is 0 Å². The maximum Gasteiger partial charge on any atom is 0.224 e. The van der Waals surface area contributed by atoms with Gasteiger partial charge in [0.25, 0.3) is 0 Å². The van der Waals surface area contributed by atoms with Crippen molar-refractivity contribution < 1.29 is 13.2 Å². The van der Waals surface area contributed by atoms with Crippen molar-refractivity contribution in [1.29, 1.82) is 0 Å². The summed E-state index contributed by atoms with van der Waals surface area (Å²) in [6.45, 7) is 2.76. The zero-order valence-corrected chi connectivity index (χ0v) is 20.8. The number of carbonyl (C=O) groups excluding carboxylic acids is 1. The van der Waals surface area contributed by atoms with Crippen LogP contribution >= 0.6 is 11.6 Å². The number of sulfonamides is 1. The van der Waals surface area contributed by atoms with Gasteiger partial charge in [0.15, 0.2) is 0 Å². The number of fused-ring (bicyclic) bond motifs is 1. The molecule has 1 N–H and O–H groups in total. The molecule has 2 aliphatic rings. The number of carbonyl (C=O) groups is 1. The van der Waals surface area contributed by atoms with Gasteiger partial charge in [-0.05, 0) is 79.3 Å². The molecule has 1 heterocycles. The molecule has 1 aliphatic carbocycles. The van der Waals surface area contributed by atoms with Gasteiger partial charge in [0.05, 0.1) is 17.7 Å². The fourth-order valence-corrected chi connectivity index (χ4v) is 6.83. The number of hydrogen-bond donors (Lipinski definition) is 1. The van der Waals surface area contributed by atoms with Crippen LogP contribution in [0, 0.1) is 5.92 Å². The second-order valence-corrected chi connectivity index (χ2v) is 11.7. The van der Waals surface area contributed by atoms with E-state index in [-0.39, 0.29) is 30.2 Å². The van der Waals surface area contributed by atoms with E-state index in [1.165, 1.54) is 28.3 Å². The number of nitrogens with zero attached hydrogens (tertiary/aromatic N) is 1. The average molecular weight is 489 g/mol. The summed E-state index contributed by atoms with van der Waals surface area (Å²) in [5.41, 5.74) is 4.64. The Bertz CT molecular complexity index is 1100. The first kappa shape index (κ1) is 24.2. The number of aryl methyl sites for hydroxylation is 2. The summed E-state index contributed by atoms with van der Waals surface area (Å²) in [6.07, 6.45) is 6.90. The van der Waals surface area contributed by atoms with Crippen LogP contribution in [-0.4, -0.2) is 31.7 Å². The zero-order chi connectivity index (χ0) is 23.4. The van der Waals surface area contributed by atoms with Crippen molar-refractivity contribution in [2.45, 2.75) is 63.7 Å². The molecule has 0 radical (unpaired) electrons. The highest BCUT2D eigenvalue weighted by Gasteiger charge is 2.33. The van der Waals surface area contributed by atoms with Crippen molar-refractivity contribution in [1.82, 2.24) is 9.62 Å². The minimum Gasteiger partial charge on any atom is -0.349 e. The summed E-state index contributed by atoms with van der Waals surface area (Å²) in [5, 5.41) is 3.73. The Labute approximate surface area is 202 Å². The van der Waals surface area contributed by atoms with Crippen LogP contribution < -0.4 is 5.32 Å². The van der Waals surface area contributed by atoms with Crippen LogP contribution in [0.15, 0.2) is 42.5 Å². The predicted octanol–water partition coefficient (Wildman–Crippen LogP) is 5.03. The van der Waals surface area contributed by atoms with Crippen molar-refractivity contribution in [2.75, 3.05) is 13.1 Å². The Balaban J connectivity index is 1.41. The molecule has 2 aromatic carbocycles. The monoisotopic (exact) mass is 488 g/mol. The predicted molar refractivity (Wildman–Crippen MR) is 133 cm³/mol. The summed E-state index contributed by atoms with van der Waals surface area (Å²) in [7, 11) is -3.52. The summed E-state index contributed by atoms with van der Waals surface area (Å²) in [6, 6.07) is 13.5. The standard InChI is InChI=1S/C26H33ClN2O3S/c1-2-25(22-13-12-20-8-3-4-9-21(20)16-22)28-26(30)23-10-6-14-29(17-23)33(31,32)18-19-7-5-11-24(27)15-19/h5,7,11-13,15-16,23,25H,2-4,6,8-10,14,17-18H2,1H3,(H,28,30)/t23-,25+/m0/s1. The lowest BCUT2D eigenvalue weighted by Crippen LogP contribution is -2.46. The minimum absolute atomic E-state index is 0.0526. The molecule has 1 saturated heterocycles. The molecule has 4 rings (SSSR count). The lowest BCUT2D eigenvalue weighted by atomic mass is 9.88. The largest absolute Gasteiger partial charge is 0.349 e. The second kappa shape index (κ2) is 10.6. The molecule has 5 nitrogen and oxygen atoms in total. The molecule has 0 saturated carbocycles. The Morgan fingerprint density at radius 1 is 1.12 bits per heavy atom. The smallest absolute Gasteiger partial charge is 0.224 e. The van der Waals surface area contributed by atoms with Gasteiger partial charge in [-0.25, -0.2) is 12.7 Å². The van der Waals surface area contributed by atoms with E-state index in [2.05, 4.69) is 30.4 Å². The molecule has 1 amide bonds. The Morgan fingerprint density at radius 3 is 2.67 bits per heavy atom. The molecular formula is C26H33ClN2O3S. The summed E-state index contributed by atoms with van der Waals surface area (Å²) in [4.78, 5) is 13.2. The van der Waals surface area contributed by atoms with Gasteiger partial charge in [-0.15, -0.1) is 0 Å². The molecule has 2 atom stereocenters. The number of piperidine rings is 1. The molecule has 33 heavy (non-hydrogen) atoms. The van der Waals surface area contributed by atoms with Gasteiger partial charge in [-0.3, -0.25) is 4.79 Å². The first-order valence-electron chi connectivity index (χ1n) is 12.0. The van der Waals surface area contributed by atoms with Crippen LogP contribution in [0.3, 0.4) is 0 Å². The van der Waals surface area contributed by atoms with Gasteiger partial charge in [0.1, 0.15) is 0 Å². The lowest BCUT2D eigenvalue weighted by molar-refractivity contribution is -0.126. The molecule has 0 aromatic heterocycles. The van der Waals surface area contributed by atoms with Crippen molar-refractivity contribution in [2.24, 2.45) is 5.92 Å². The molecule has 1 aliphatic heterocycles. The van der Waals surface area contributed by atoms with Gasteiger partial charge < -0.3 is 5.32 Å². The van der Waals surface area contributed by atoms with Crippen molar-refractivity contribution in [3.8, 4) is 0 Å². The number of benzene rings is 2. The molecule has 0 unspecified atom stereocenters. The molecule has 1 fully saturated rings. The molecule has 2 aromatic rings. The van der Waals surface area contributed by atoms with Crippen LogP contribution in [0.1, 0.15) is 67.3 Å². The number of nitrogens with one attached hydrogen (secondary N) is 1. The number of rotatable bonds is 7. The normalized spacial score (nSPS) is 20.1. The summed E-state index contributed by atoms with van der Waals surface area (Å²) >= 11 is 6.01. The highest BCUT2D eigenvalue weighted by molar-refractivity contribution is 7.88. The molecule has 0 bridgehead atoms. The fourth-order valence-electron chi connectivity index (χ4n) is 5.02. The van der Waals surface area contributed by atoms with Crippen LogP contribution in [0.2, 0.25) is 5.02 Å². The van der Waals surface area contributed by atoms with E-state index in [1.807, 2.05) is 0 Å². The summed E-state index contributed by atoms with van der Waals surface area (Å²) in [5.74, 6) is -0.490. The van der Waals surface area contributed by atoms with Crippen LogP contribution in [0.5, 0.6) is 0 Å². The fraction of sp³-hybridized carbons (Fsp3) is 0.500. The quantitative estimate of drug-likeness (QED) is 0.594. The highest BCUT2D eigenvalue weighted by atomic mass is 35.5. The van der Waals surface area contributed by atoms with E-state index >= 15 is 0 Å². The SMILES string of the molecule is CC[C@@H](NC(=O)[C@H]1CCCN(S(=O)(=O)Cc2cccc(Cl)c2)C1)c1ccc2c(c1)CCCC2. The van der Waals surface area contributed by atoms with E-state index in [0.29, 0.717) is 30.0 Å². The minimum atomic E-state index is -3.52. The van der Waals surface area contributed by atoms with Crippen molar-refractivity contribution >= 4 is 27.5 Å². The Kier molecular flexibility index (Phi) is 7.77. The second-order valence-electron chi connectivity index (χ2n) is 9.29. The number of amides is 1. The number of halogens is 1. The molecule has 0 spiro atoms. The van der Waals surface area contributed by atoms with Gasteiger partial charge in [-0.1, -0.05) is 48.9 Å². The Hall–Kier alpha value is -1.89. The van der Waals surface area contributed by atoms with E-state index in [9.17, 15) is 13.2 Å². The van der Waals surface area contributed by atoms with Crippen molar-refractivity contribution in [3.05, 3.63) is 69.7 Å². The first-order chi connectivity index (χ1) is 15.9. The maximum atomic E-state index is 13.2. The molecular weight excluding hydrogens is 456 g/mol. The topological polar surface area (TPSA) is 66.5 Å². The van der Waals surface area contributed by atoms with Crippen LogP contribution in [0.4, 0.5) is 0 Å². The first-order valence-corrected chi connectivity index (χ1v) is 14.0. The molecule has 178 valence electrons. The van der Waals surface area contributed by atoms with E-state index < -0.39 is 10.0 Å². The van der Waals surface area contributed by atoms with E-state index in [1.54, 1.807) is 24.3 Å². The van der Waals surface area contributed by atoms with Crippen molar-refractivity contribution in [3.63, 3.8) is 0 Å². The highest BCUT2D eigenvalue weighted by Crippen LogP contribution is 2.28. The Morgan fingerprint density at radius 2 is 1.91 bits per heavy atom.